The molecular weight excluding hydrogens is 212 g/mol. The Balaban J connectivity index is 0.00000112. The van der Waals surface area contributed by atoms with E-state index in [9.17, 15) is 0 Å². The van der Waals surface area contributed by atoms with Gasteiger partial charge >= 0.3 is 0 Å². The number of hydrogen-bond donors (Lipinski definition) is 0. The molecule has 15 heavy (non-hydrogen) atoms. The maximum Gasteiger partial charge on any atom is 0.163 e. The van der Waals surface area contributed by atoms with Crippen LogP contribution in [0.1, 0.15) is 20.3 Å². The van der Waals surface area contributed by atoms with Crippen LogP contribution in [0.3, 0.4) is 0 Å². The van der Waals surface area contributed by atoms with Crippen LogP contribution in [-0.4, -0.2) is 19.5 Å². The Bertz CT molecular complexity index is 385. The third-order valence-corrected chi connectivity index (χ3v) is 2.23. The van der Waals surface area contributed by atoms with E-state index in [4.69, 9.17) is 0 Å². The van der Waals surface area contributed by atoms with Crippen molar-refractivity contribution in [3.8, 4) is 11.5 Å². The second kappa shape index (κ2) is 5.07. The van der Waals surface area contributed by atoms with Crippen LogP contribution in [0, 0.1) is 5.92 Å². The van der Waals surface area contributed by atoms with E-state index >= 15 is 0 Å². The zero-order chi connectivity index (χ0) is 9.97. The van der Waals surface area contributed by atoms with Gasteiger partial charge in [-0.25, -0.2) is 15.0 Å². The molecule has 0 aromatic heterocycles. The highest BCUT2D eigenvalue weighted by atomic mass is 35.5. The number of aryl methyl sites for hydroxylation is 1. The third kappa shape index (κ3) is 2.65. The Labute approximate surface area is 95.5 Å². The molecule has 0 unspecified atom stereocenters. The largest absolute Gasteiger partial charge is 0.315 e. The first kappa shape index (κ1) is 11.9. The Morgan fingerprint density at radius 2 is 2.13 bits per heavy atom. The molecule has 0 aromatic rings. The number of hydrogen-bond acceptors (Lipinski definition) is 3. The van der Waals surface area contributed by atoms with Crippen LogP contribution in [-0.2, 0) is 6.54 Å². The van der Waals surface area contributed by atoms with Gasteiger partial charge in [-0.05, 0) is 12.3 Å². The molecule has 0 radical (unpaired) electrons. The Kier molecular flexibility index (Phi) is 4.03. The number of rotatable bonds is 3. The van der Waals surface area contributed by atoms with E-state index in [2.05, 4.69) is 33.4 Å². The van der Waals surface area contributed by atoms with Gasteiger partial charge in [0.1, 0.15) is 12.0 Å². The molecular formula is C10H15ClN4. The summed E-state index contributed by atoms with van der Waals surface area (Å²) in [4.78, 5) is 12.4. The zero-order valence-electron chi connectivity index (χ0n) is 8.92. The molecule has 0 bridgehead atoms. The molecule has 2 rings (SSSR count). The molecule has 2 heterocycles. The second-order valence-corrected chi connectivity index (χ2v) is 3.85. The van der Waals surface area contributed by atoms with E-state index in [1.54, 1.807) is 12.5 Å². The summed E-state index contributed by atoms with van der Waals surface area (Å²) in [6, 6.07) is 0. The van der Waals surface area contributed by atoms with Crippen molar-refractivity contribution in [3.05, 3.63) is 18.9 Å². The van der Waals surface area contributed by atoms with E-state index < -0.39 is 0 Å². The summed E-state index contributed by atoms with van der Waals surface area (Å²) in [7, 11) is 0. The predicted molar refractivity (Wildman–Crippen MR) is 61.1 cm³/mol. The van der Waals surface area contributed by atoms with Crippen LogP contribution in [0.15, 0.2) is 18.9 Å². The fraction of sp³-hybridized carbons (Fsp3) is 0.500. The number of halogens is 1. The van der Waals surface area contributed by atoms with E-state index in [0.717, 1.165) is 24.5 Å². The van der Waals surface area contributed by atoms with Gasteiger partial charge in [0.05, 0.1) is 12.5 Å². The molecule has 0 N–H and O–H groups in total. The van der Waals surface area contributed by atoms with Crippen molar-refractivity contribution in [2.75, 3.05) is 0 Å². The lowest BCUT2D eigenvalue weighted by molar-refractivity contribution is 0.511. The minimum atomic E-state index is 0. The topological polar surface area (TPSA) is 43.6 Å². The van der Waals surface area contributed by atoms with Crippen molar-refractivity contribution in [2.45, 2.75) is 26.8 Å². The number of nitrogens with zero attached hydrogens (tertiary/aromatic N) is 4. The molecule has 0 amide bonds. The smallest absolute Gasteiger partial charge is 0.163 e. The molecule has 4 nitrogen and oxygen atoms in total. The molecule has 0 aliphatic carbocycles. The third-order valence-electron chi connectivity index (χ3n) is 2.23. The quantitative estimate of drug-likeness (QED) is 0.806. The SMILES string of the molecule is CC(C)CCn1cncc2ncnc1-2.Cl. The van der Waals surface area contributed by atoms with Crippen molar-refractivity contribution in [3.63, 3.8) is 0 Å². The van der Waals surface area contributed by atoms with Gasteiger partial charge in [-0.2, -0.15) is 0 Å². The van der Waals surface area contributed by atoms with Crippen LogP contribution in [0.5, 0.6) is 0 Å². The lowest BCUT2D eigenvalue weighted by Crippen LogP contribution is -2.06. The average molecular weight is 227 g/mol. The lowest BCUT2D eigenvalue weighted by Gasteiger charge is -2.10. The van der Waals surface area contributed by atoms with Gasteiger partial charge in [-0.15, -0.1) is 12.4 Å². The fourth-order valence-corrected chi connectivity index (χ4v) is 1.38. The van der Waals surface area contributed by atoms with Crippen LogP contribution in [0.25, 0.3) is 11.5 Å². The highest BCUT2D eigenvalue weighted by Crippen LogP contribution is 2.15. The van der Waals surface area contributed by atoms with Crippen molar-refractivity contribution < 1.29 is 0 Å². The zero-order valence-corrected chi connectivity index (χ0v) is 9.74. The normalized spacial score (nSPS) is 10.6. The second-order valence-electron chi connectivity index (χ2n) is 3.85. The summed E-state index contributed by atoms with van der Waals surface area (Å²) in [5, 5.41) is 0. The van der Waals surface area contributed by atoms with Crippen LogP contribution in [0.2, 0.25) is 0 Å². The van der Waals surface area contributed by atoms with Crippen LogP contribution >= 0.6 is 12.4 Å². The van der Waals surface area contributed by atoms with Gasteiger partial charge in [0, 0.05) is 6.54 Å². The first-order chi connectivity index (χ1) is 6.77. The molecule has 0 atom stereocenters. The summed E-state index contributed by atoms with van der Waals surface area (Å²) in [5.41, 5.74) is 0.872. The van der Waals surface area contributed by atoms with E-state index in [-0.39, 0.29) is 12.4 Å². The van der Waals surface area contributed by atoms with Crippen LogP contribution < -0.4 is 0 Å². The minimum absolute atomic E-state index is 0. The van der Waals surface area contributed by atoms with E-state index in [1.165, 1.54) is 0 Å². The maximum absolute atomic E-state index is 4.21. The molecule has 0 spiro atoms. The molecule has 0 saturated heterocycles. The Morgan fingerprint density at radius 1 is 1.33 bits per heavy atom. The molecule has 0 aromatic carbocycles. The standard InChI is InChI=1S/C10H14N4.ClH/c1-8(2)3-4-14-7-11-5-9-10(14)13-6-12-9;/h5-8H,3-4H2,1-2H3;1H. The van der Waals surface area contributed by atoms with Crippen molar-refractivity contribution in [1.29, 1.82) is 0 Å². The summed E-state index contributed by atoms with van der Waals surface area (Å²) < 4.78 is 2.06. The van der Waals surface area contributed by atoms with Gasteiger partial charge in [-0.3, -0.25) is 0 Å². The lowest BCUT2D eigenvalue weighted by atomic mass is 10.1. The fourth-order valence-electron chi connectivity index (χ4n) is 1.38. The van der Waals surface area contributed by atoms with Gasteiger partial charge < -0.3 is 4.57 Å². The number of aromatic nitrogens is 4. The first-order valence-electron chi connectivity index (χ1n) is 4.88. The molecule has 2 aliphatic heterocycles. The molecule has 0 saturated carbocycles. The van der Waals surface area contributed by atoms with Crippen LogP contribution in [0.4, 0.5) is 0 Å². The molecule has 0 fully saturated rings. The Hall–Kier alpha value is -1.16. The Morgan fingerprint density at radius 3 is 2.87 bits per heavy atom. The highest BCUT2D eigenvalue weighted by molar-refractivity contribution is 5.85. The van der Waals surface area contributed by atoms with Gasteiger partial charge in [0.2, 0.25) is 0 Å². The van der Waals surface area contributed by atoms with E-state index in [1.807, 2.05) is 6.33 Å². The van der Waals surface area contributed by atoms with Gasteiger partial charge in [-0.1, -0.05) is 13.8 Å². The van der Waals surface area contributed by atoms with Crippen molar-refractivity contribution in [1.82, 2.24) is 19.5 Å². The number of imidazole rings is 1. The number of fused-ring (bicyclic) bond motifs is 1. The highest BCUT2D eigenvalue weighted by Gasteiger charge is 2.09. The van der Waals surface area contributed by atoms with Gasteiger partial charge in [0.25, 0.3) is 0 Å². The average Bonchev–Trinajstić information content (AvgIpc) is 2.62. The summed E-state index contributed by atoms with van der Waals surface area (Å²) in [6.07, 6.45) is 6.28. The molecule has 5 heteroatoms. The monoisotopic (exact) mass is 226 g/mol. The van der Waals surface area contributed by atoms with Crippen molar-refractivity contribution >= 4 is 12.4 Å². The molecule has 2 aliphatic rings. The van der Waals surface area contributed by atoms with Crippen molar-refractivity contribution in [2.24, 2.45) is 5.92 Å². The minimum Gasteiger partial charge on any atom is -0.315 e. The summed E-state index contributed by atoms with van der Waals surface area (Å²) in [5.74, 6) is 1.63. The van der Waals surface area contributed by atoms with Gasteiger partial charge in [0.15, 0.2) is 5.82 Å². The first-order valence-corrected chi connectivity index (χ1v) is 4.88. The maximum atomic E-state index is 4.21. The summed E-state index contributed by atoms with van der Waals surface area (Å²) in [6.45, 7) is 5.39. The summed E-state index contributed by atoms with van der Waals surface area (Å²) >= 11 is 0. The predicted octanol–water partition coefficient (Wildman–Crippen LogP) is 2.25. The molecule has 82 valence electrons. The van der Waals surface area contributed by atoms with E-state index in [0.29, 0.717) is 5.92 Å².